The summed E-state index contributed by atoms with van der Waals surface area (Å²) >= 11 is 1.67. The molecule has 0 radical (unpaired) electrons. The van der Waals surface area contributed by atoms with E-state index in [1.54, 1.807) is 11.8 Å². The molecule has 1 atom stereocenters. The van der Waals surface area contributed by atoms with E-state index < -0.39 is 5.54 Å². The standard InChI is InChI=1S/C15H18N2O2S/c1-15(9-16,17-11-2-3-11)10-20-12-4-5-13-14(8-12)19-7-6-18-13/h4-5,8,11,17H,2-3,6-7,10H2,1H3. The third-order valence-corrected chi connectivity index (χ3v) is 4.70. The van der Waals surface area contributed by atoms with Crippen LogP contribution in [0, 0.1) is 11.3 Å². The highest BCUT2D eigenvalue weighted by molar-refractivity contribution is 7.99. The minimum Gasteiger partial charge on any atom is -0.486 e. The highest BCUT2D eigenvalue weighted by atomic mass is 32.2. The van der Waals surface area contributed by atoms with Crippen LogP contribution in [-0.4, -0.2) is 30.5 Å². The molecule has 1 aliphatic heterocycles. The lowest BCUT2D eigenvalue weighted by Gasteiger charge is -2.23. The third kappa shape index (κ3) is 3.20. The zero-order chi connectivity index (χ0) is 14.0. The van der Waals surface area contributed by atoms with Gasteiger partial charge in [-0.25, -0.2) is 0 Å². The van der Waals surface area contributed by atoms with E-state index in [9.17, 15) is 5.26 Å². The Labute approximate surface area is 123 Å². The summed E-state index contributed by atoms with van der Waals surface area (Å²) in [5, 5.41) is 12.8. The monoisotopic (exact) mass is 290 g/mol. The maximum Gasteiger partial charge on any atom is 0.162 e. The van der Waals surface area contributed by atoms with Gasteiger partial charge in [-0.2, -0.15) is 5.26 Å². The van der Waals surface area contributed by atoms with Crippen LogP contribution in [0.2, 0.25) is 0 Å². The Morgan fingerprint density at radius 1 is 1.35 bits per heavy atom. The van der Waals surface area contributed by atoms with Crippen LogP contribution in [0.15, 0.2) is 23.1 Å². The minimum atomic E-state index is -0.473. The lowest BCUT2D eigenvalue weighted by Crippen LogP contribution is -2.44. The molecule has 3 rings (SSSR count). The van der Waals surface area contributed by atoms with Crippen molar-refractivity contribution in [1.82, 2.24) is 5.32 Å². The number of hydrogen-bond acceptors (Lipinski definition) is 5. The van der Waals surface area contributed by atoms with Gasteiger partial charge in [0.15, 0.2) is 11.5 Å². The molecule has 2 aliphatic rings. The van der Waals surface area contributed by atoms with E-state index >= 15 is 0 Å². The number of ether oxygens (including phenoxy) is 2. The second kappa shape index (κ2) is 5.55. The Hall–Kier alpha value is -1.38. The third-order valence-electron chi connectivity index (χ3n) is 3.39. The molecule has 1 saturated carbocycles. The molecule has 0 aromatic heterocycles. The highest BCUT2D eigenvalue weighted by Gasteiger charge is 2.32. The number of nitriles is 1. The number of benzene rings is 1. The number of hydrogen-bond donors (Lipinski definition) is 1. The van der Waals surface area contributed by atoms with E-state index in [-0.39, 0.29) is 0 Å². The molecule has 106 valence electrons. The van der Waals surface area contributed by atoms with Crippen LogP contribution in [0.25, 0.3) is 0 Å². The summed E-state index contributed by atoms with van der Waals surface area (Å²) in [7, 11) is 0. The fourth-order valence-corrected chi connectivity index (χ4v) is 3.08. The van der Waals surface area contributed by atoms with Crippen LogP contribution in [0.1, 0.15) is 19.8 Å². The van der Waals surface area contributed by atoms with Crippen molar-refractivity contribution in [3.05, 3.63) is 18.2 Å². The zero-order valence-electron chi connectivity index (χ0n) is 11.5. The predicted octanol–water partition coefficient (Wildman–Crippen LogP) is 2.58. The van der Waals surface area contributed by atoms with Crippen molar-refractivity contribution in [3.63, 3.8) is 0 Å². The first-order valence-electron chi connectivity index (χ1n) is 6.90. The van der Waals surface area contributed by atoms with Gasteiger partial charge in [-0.1, -0.05) is 0 Å². The predicted molar refractivity (Wildman–Crippen MR) is 78.3 cm³/mol. The van der Waals surface area contributed by atoms with Crippen LogP contribution in [-0.2, 0) is 0 Å². The topological polar surface area (TPSA) is 54.3 Å². The number of nitrogens with zero attached hydrogens (tertiary/aromatic N) is 1. The molecular formula is C15H18N2O2S. The summed E-state index contributed by atoms with van der Waals surface area (Å²) in [6.45, 7) is 3.17. The zero-order valence-corrected chi connectivity index (χ0v) is 12.3. The fourth-order valence-electron chi connectivity index (χ4n) is 2.13. The lowest BCUT2D eigenvalue weighted by molar-refractivity contribution is 0.171. The van der Waals surface area contributed by atoms with Crippen LogP contribution in [0.5, 0.6) is 11.5 Å². The molecule has 5 heteroatoms. The quantitative estimate of drug-likeness (QED) is 0.845. The molecule has 1 N–H and O–H groups in total. The summed E-state index contributed by atoms with van der Waals surface area (Å²) in [4.78, 5) is 1.10. The van der Waals surface area contributed by atoms with Crippen molar-refractivity contribution in [1.29, 1.82) is 5.26 Å². The van der Waals surface area contributed by atoms with Gasteiger partial charge in [0.05, 0.1) is 6.07 Å². The summed E-state index contributed by atoms with van der Waals surface area (Å²) in [6.07, 6.45) is 2.37. The molecule has 0 bridgehead atoms. The van der Waals surface area contributed by atoms with Crippen LogP contribution < -0.4 is 14.8 Å². The largest absolute Gasteiger partial charge is 0.486 e. The number of thioether (sulfide) groups is 1. The molecule has 4 nitrogen and oxygen atoms in total. The molecule has 0 spiro atoms. The van der Waals surface area contributed by atoms with Gasteiger partial charge in [0, 0.05) is 16.7 Å². The Bertz CT molecular complexity index is 539. The smallest absolute Gasteiger partial charge is 0.162 e. The van der Waals surface area contributed by atoms with Crippen LogP contribution >= 0.6 is 11.8 Å². The molecule has 1 aromatic rings. The van der Waals surface area contributed by atoms with Gasteiger partial charge in [-0.15, -0.1) is 11.8 Å². The summed E-state index contributed by atoms with van der Waals surface area (Å²) in [5.74, 6) is 2.33. The van der Waals surface area contributed by atoms with Gasteiger partial charge >= 0.3 is 0 Å². The van der Waals surface area contributed by atoms with Crippen LogP contribution in [0.3, 0.4) is 0 Å². The molecule has 20 heavy (non-hydrogen) atoms. The molecule has 1 unspecified atom stereocenters. The second-order valence-corrected chi connectivity index (χ2v) is 6.51. The molecule has 1 heterocycles. The summed E-state index contributed by atoms with van der Waals surface area (Å²) in [6, 6.07) is 8.88. The minimum absolute atomic E-state index is 0.473. The Morgan fingerprint density at radius 2 is 2.10 bits per heavy atom. The summed E-state index contributed by atoms with van der Waals surface area (Å²) in [5.41, 5.74) is -0.473. The SMILES string of the molecule is CC(C#N)(CSc1ccc2c(c1)OCCO2)NC1CC1. The first kappa shape index (κ1) is 13.6. The van der Waals surface area contributed by atoms with E-state index in [1.165, 1.54) is 12.8 Å². The van der Waals surface area contributed by atoms with Gasteiger partial charge in [-0.05, 0) is 38.0 Å². The van der Waals surface area contributed by atoms with E-state index in [4.69, 9.17) is 9.47 Å². The molecule has 0 amide bonds. The average Bonchev–Trinajstić information content (AvgIpc) is 3.29. The number of fused-ring (bicyclic) bond motifs is 1. The first-order valence-corrected chi connectivity index (χ1v) is 7.88. The molecule has 1 fully saturated rings. The molecular weight excluding hydrogens is 272 g/mol. The maximum absolute atomic E-state index is 9.36. The van der Waals surface area contributed by atoms with Crippen molar-refractivity contribution in [3.8, 4) is 17.6 Å². The summed E-state index contributed by atoms with van der Waals surface area (Å²) < 4.78 is 11.1. The van der Waals surface area contributed by atoms with Gasteiger partial charge in [0.2, 0.25) is 0 Å². The van der Waals surface area contributed by atoms with E-state index in [0.717, 1.165) is 22.1 Å². The number of rotatable bonds is 5. The average molecular weight is 290 g/mol. The molecule has 0 saturated heterocycles. The van der Waals surface area contributed by atoms with Crippen LogP contribution in [0.4, 0.5) is 0 Å². The van der Waals surface area contributed by atoms with Gasteiger partial charge < -0.3 is 9.47 Å². The van der Waals surface area contributed by atoms with Crippen molar-refractivity contribution in [2.75, 3.05) is 19.0 Å². The van der Waals surface area contributed by atoms with Gasteiger partial charge in [0.25, 0.3) is 0 Å². The van der Waals surface area contributed by atoms with E-state index in [0.29, 0.717) is 19.3 Å². The van der Waals surface area contributed by atoms with Crippen molar-refractivity contribution >= 4 is 11.8 Å². The molecule has 1 aromatic carbocycles. The van der Waals surface area contributed by atoms with Gasteiger partial charge in [-0.3, -0.25) is 5.32 Å². The maximum atomic E-state index is 9.36. The number of nitrogens with one attached hydrogen (secondary N) is 1. The Kier molecular flexibility index (Phi) is 3.77. The van der Waals surface area contributed by atoms with Gasteiger partial charge in [0.1, 0.15) is 18.8 Å². The first-order chi connectivity index (χ1) is 9.68. The Morgan fingerprint density at radius 3 is 2.80 bits per heavy atom. The van der Waals surface area contributed by atoms with E-state index in [1.807, 2.05) is 25.1 Å². The van der Waals surface area contributed by atoms with Crippen molar-refractivity contribution in [2.24, 2.45) is 0 Å². The van der Waals surface area contributed by atoms with Crippen molar-refractivity contribution < 1.29 is 9.47 Å². The fraction of sp³-hybridized carbons (Fsp3) is 0.533. The second-order valence-electron chi connectivity index (χ2n) is 5.46. The van der Waals surface area contributed by atoms with Crippen molar-refractivity contribution in [2.45, 2.75) is 36.2 Å². The molecule has 1 aliphatic carbocycles. The lowest BCUT2D eigenvalue weighted by atomic mass is 10.1. The normalized spacial score (nSPS) is 20.0. The Balaban J connectivity index is 1.63. The highest BCUT2D eigenvalue weighted by Crippen LogP contribution is 2.35. The van der Waals surface area contributed by atoms with E-state index in [2.05, 4.69) is 11.4 Å².